The average Bonchev–Trinajstić information content (AvgIpc) is 3.23. The summed E-state index contributed by atoms with van der Waals surface area (Å²) in [6, 6.07) is 12.3. The van der Waals surface area contributed by atoms with Crippen LogP contribution in [0.15, 0.2) is 36.5 Å². The molecule has 2 heterocycles. The number of nitriles is 1. The van der Waals surface area contributed by atoms with Crippen molar-refractivity contribution < 1.29 is 4.79 Å². The SMILES string of the molecule is CCC(C)c1ccc(-c2c(C)sc(NC(=O)c3ccnn3C)c2C#N)cc1. The maximum atomic E-state index is 12.5. The summed E-state index contributed by atoms with van der Waals surface area (Å²) in [6.07, 6.45) is 2.66. The number of anilines is 1. The number of rotatable bonds is 5. The number of aromatic nitrogens is 2. The van der Waals surface area contributed by atoms with Crippen LogP contribution in [0.1, 0.15) is 52.7 Å². The summed E-state index contributed by atoms with van der Waals surface area (Å²) in [5.41, 5.74) is 4.12. The molecular weight excluding hydrogens is 356 g/mol. The van der Waals surface area contributed by atoms with E-state index < -0.39 is 0 Å². The number of hydrogen-bond acceptors (Lipinski definition) is 4. The summed E-state index contributed by atoms with van der Waals surface area (Å²) in [5, 5.41) is 17.2. The molecule has 1 N–H and O–H groups in total. The van der Waals surface area contributed by atoms with Gasteiger partial charge in [0.05, 0.1) is 5.56 Å². The monoisotopic (exact) mass is 378 g/mol. The Morgan fingerprint density at radius 3 is 2.59 bits per heavy atom. The highest BCUT2D eigenvalue weighted by Gasteiger charge is 2.20. The van der Waals surface area contributed by atoms with Crippen LogP contribution >= 0.6 is 11.3 Å². The van der Waals surface area contributed by atoms with Crippen molar-refractivity contribution in [3.8, 4) is 17.2 Å². The second kappa shape index (κ2) is 7.77. The van der Waals surface area contributed by atoms with Gasteiger partial charge in [0, 0.05) is 23.7 Å². The quantitative estimate of drug-likeness (QED) is 0.672. The molecule has 27 heavy (non-hydrogen) atoms. The van der Waals surface area contributed by atoms with Crippen molar-refractivity contribution in [2.24, 2.45) is 7.05 Å². The van der Waals surface area contributed by atoms with Crippen LogP contribution in [0.2, 0.25) is 0 Å². The van der Waals surface area contributed by atoms with Gasteiger partial charge in [0.1, 0.15) is 16.8 Å². The molecule has 6 heteroatoms. The van der Waals surface area contributed by atoms with Crippen molar-refractivity contribution in [3.63, 3.8) is 0 Å². The topological polar surface area (TPSA) is 70.7 Å². The lowest BCUT2D eigenvalue weighted by atomic mass is 9.95. The van der Waals surface area contributed by atoms with E-state index in [4.69, 9.17) is 0 Å². The lowest BCUT2D eigenvalue weighted by molar-refractivity contribution is 0.101. The maximum Gasteiger partial charge on any atom is 0.274 e. The predicted molar refractivity (Wildman–Crippen MR) is 109 cm³/mol. The first-order valence-electron chi connectivity index (χ1n) is 8.89. The molecule has 0 aliphatic heterocycles. The van der Waals surface area contributed by atoms with E-state index in [0.29, 0.717) is 22.2 Å². The van der Waals surface area contributed by atoms with Gasteiger partial charge in [-0.1, -0.05) is 38.1 Å². The summed E-state index contributed by atoms with van der Waals surface area (Å²) < 4.78 is 1.51. The van der Waals surface area contributed by atoms with Crippen molar-refractivity contribution >= 4 is 22.2 Å². The van der Waals surface area contributed by atoms with Gasteiger partial charge in [-0.15, -0.1) is 11.3 Å². The Labute approximate surface area is 163 Å². The van der Waals surface area contributed by atoms with Gasteiger partial charge in [-0.25, -0.2) is 0 Å². The molecule has 1 unspecified atom stereocenters. The first-order valence-corrected chi connectivity index (χ1v) is 9.71. The second-order valence-corrected chi connectivity index (χ2v) is 7.80. The fourth-order valence-electron chi connectivity index (χ4n) is 3.06. The number of nitrogens with one attached hydrogen (secondary N) is 1. The first-order chi connectivity index (χ1) is 13.0. The van der Waals surface area contributed by atoms with Gasteiger partial charge < -0.3 is 5.32 Å². The highest BCUT2D eigenvalue weighted by molar-refractivity contribution is 7.17. The van der Waals surface area contributed by atoms with E-state index in [1.807, 2.05) is 6.92 Å². The average molecular weight is 379 g/mol. The van der Waals surface area contributed by atoms with E-state index in [9.17, 15) is 10.1 Å². The van der Waals surface area contributed by atoms with Gasteiger partial charge >= 0.3 is 0 Å². The van der Waals surface area contributed by atoms with Crippen LogP contribution in [-0.4, -0.2) is 15.7 Å². The largest absolute Gasteiger partial charge is 0.311 e. The normalized spacial score (nSPS) is 11.8. The molecular formula is C21H22N4OS. The molecule has 0 saturated carbocycles. The molecule has 0 spiro atoms. The molecule has 0 radical (unpaired) electrons. The minimum atomic E-state index is -0.272. The van der Waals surface area contributed by atoms with Gasteiger partial charge in [0.15, 0.2) is 0 Å². The van der Waals surface area contributed by atoms with Gasteiger partial charge in [-0.3, -0.25) is 9.48 Å². The van der Waals surface area contributed by atoms with Crippen molar-refractivity contribution in [2.45, 2.75) is 33.1 Å². The number of thiophene rings is 1. The lowest BCUT2D eigenvalue weighted by Crippen LogP contribution is -2.15. The number of benzene rings is 1. The third-order valence-corrected chi connectivity index (χ3v) is 5.88. The van der Waals surface area contributed by atoms with Crippen LogP contribution < -0.4 is 5.32 Å². The molecule has 0 aliphatic carbocycles. The van der Waals surface area contributed by atoms with Gasteiger partial charge in [0.25, 0.3) is 5.91 Å². The lowest BCUT2D eigenvalue weighted by Gasteiger charge is -2.10. The molecule has 1 atom stereocenters. The first kappa shape index (κ1) is 18.9. The summed E-state index contributed by atoms with van der Waals surface area (Å²) in [4.78, 5) is 13.5. The number of carbonyl (C=O) groups is 1. The molecule has 0 saturated heterocycles. The van der Waals surface area contributed by atoms with Crippen molar-refractivity contribution in [3.05, 3.63) is 58.2 Å². The highest BCUT2D eigenvalue weighted by Crippen LogP contribution is 2.40. The van der Waals surface area contributed by atoms with E-state index in [1.165, 1.54) is 21.6 Å². The van der Waals surface area contributed by atoms with E-state index in [-0.39, 0.29) is 5.91 Å². The van der Waals surface area contributed by atoms with Gasteiger partial charge in [0.2, 0.25) is 0 Å². The highest BCUT2D eigenvalue weighted by atomic mass is 32.1. The van der Waals surface area contributed by atoms with Crippen LogP contribution in [-0.2, 0) is 7.05 Å². The summed E-state index contributed by atoms with van der Waals surface area (Å²) in [7, 11) is 1.71. The number of hydrogen-bond donors (Lipinski definition) is 1. The van der Waals surface area contributed by atoms with E-state index in [2.05, 4.69) is 54.6 Å². The summed E-state index contributed by atoms with van der Waals surface area (Å²) in [5.74, 6) is 0.234. The predicted octanol–water partition coefficient (Wildman–Crippen LogP) is 5.09. The minimum Gasteiger partial charge on any atom is -0.311 e. The molecule has 1 amide bonds. The Morgan fingerprint density at radius 1 is 1.33 bits per heavy atom. The fraction of sp³-hybridized carbons (Fsp3) is 0.286. The smallest absolute Gasteiger partial charge is 0.274 e. The van der Waals surface area contributed by atoms with Crippen molar-refractivity contribution in [2.75, 3.05) is 5.32 Å². The minimum absolute atomic E-state index is 0.272. The Bertz CT molecular complexity index is 1010. The Balaban J connectivity index is 1.95. The second-order valence-electron chi connectivity index (χ2n) is 6.57. The molecule has 3 aromatic rings. The van der Waals surface area contributed by atoms with E-state index >= 15 is 0 Å². The third kappa shape index (κ3) is 3.64. The van der Waals surface area contributed by atoms with Crippen molar-refractivity contribution in [1.82, 2.24) is 9.78 Å². The van der Waals surface area contributed by atoms with E-state index in [0.717, 1.165) is 22.4 Å². The van der Waals surface area contributed by atoms with Crippen molar-refractivity contribution in [1.29, 1.82) is 5.26 Å². The van der Waals surface area contributed by atoms with Crippen LogP contribution in [0, 0.1) is 18.3 Å². The number of amides is 1. The zero-order valence-corrected chi connectivity index (χ0v) is 16.7. The number of carbonyl (C=O) groups excluding carboxylic acids is 1. The summed E-state index contributed by atoms with van der Waals surface area (Å²) in [6.45, 7) is 6.35. The molecule has 0 fully saturated rings. The molecule has 0 bridgehead atoms. The molecule has 0 aliphatic rings. The van der Waals surface area contributed by atoms with E-state index in [1.54, 1.807) is 19.3 Å². The Morgan fingerprint density at radius 2 is 2.04 bits per heavy atom. The molecule has 138 valence electrons. The van der Waals surface area contributed by atoms with Crippen LogP contribution in [0.4, 0.5) is 5.00 Å². The Kier molecular flexibility index (Phi) is 5.43. The number of nitrogens with zero attached hydrogens (tertiary/aromatic N) is 3. The Hall–Kier alpha value is -2.91. The fourth-order valence-corrected chi connectivity index (χ4v) is 4.09. The summed E-state index contributed by atoms with van der Waals surface area (Å²) >= 11 is 1.42. The zero-order chi connectivity index (χ0) is 19.6. The van der Waals surface area contributed by atoms with Crippen LogP contribution in [0.25, 0.3) is 11.1 Å². The molecule has 1 aromatic carbocycles. The van der Waals surface area contributed by atoms with Gasteiger partial charge in [-0.05, 0) is 36.5 Å². The standard InChI is InChI=1S/C21H22N4OS/c1-5-13(2)15-6-8-16(9-7-15)19-14(3)27-21(17(19)12-22)24-20(26)18-10-11-23-25(18)4/h6-11,13H,5H2,1-4H3,(H,24,26). The number of aryl methyl sites for hydroxylation is 2. The maximum absolute atomic E-state index is 12.5. The van der Waals surface area contributed by atoms with Crippen LogP contribution in [0.5, 0.6) is 0 Å². The van der Waals surface area contributed by atoms with Crippen LogP contribution in [0.3, 0.4) is 0 Å². The van der Waals surface area contributed by atoms with Gasteiger partial charge in [-0.2, -0.15) is 10.4 Å². The third-order valence-electron chi connectivity index (χ3n) is 4.86. The zero-order valence-electron chi connectivity index (χ0n) is 15.9. The molecule has 2 aromatic heterocycles. The molecule has 5 nitrogen and oxygen atoms in total. The molecule has 3 rings (SSSR count).